The van der Waals surface area contributed by atoms with Gasteiger partial charge >= 0.3 is 12.2 Å². The lowest BCUT2D eigenvalue weighted by atomic mass is 10.1. The van der Waals surface area contributed by atoms with Crippen molar-refractivity contribution < 1.29 is 24.4 Å². The van der Waals surface area contributed by atoms with Gasteiger partial charge in [0.25, 0.3) is 5.69 Å². The van der Waals surface area contributed by atoms with Gasteiger partial charge in [-0.05, 0) is 39.3 Å². The Hall–Kier alpha value is -3.89. The van der Waals surface area contributed by atoms with Gasteiger partial charge in [-0.15, -0.1) is 6.58 Å². The molecule has 0 saturated heterocycles. The van der Waals surface area contributed by atoms with Crippen molar-refractivity contribution in [3.63, 3.8) is 0 Å². The van der Waals surface area contributed by atoms with Crippen molar-refractivity contribution in [3.8, 4) is 11.3 Å². The van der Waals surface area contributed by atoms with E-state index in [0.717, 1.165) is 4.90 Å². The highest BCUT2D eigenvalue weighted by Gasteiger charge is 2.24. The fraction of sp³-hybridized carbons (Fsp3) is 0.350. The normalized spacial score (nSPS) is 12.0. The number of nitro groups is 1. The summed E-state index contributed by atoms with van der Waals surface area (Å²) in [6.45, 7) is 8.90. The Labute approximate surface area is 178 Å². The Morgan fingerprint density at radius 2 is 2.13 bits per heavy atom. The number of H-pyrrole nitrogens is 1. The van der Waals surface area contributed by atoms with E-state index in [2.05, 4.69) is 21.9 Å². The predicted molar refractivity (Wildman–Crippen MR) is 114 cm³/mol. The van der Waals surface area contributed by atoms with Crippen molar-refractivity contribution in [2.45, 2.75) is 38.8 Å². The van der Waals surface area contributed by atoms with Gasteiger partial charge in [0.2, 0.25) is 0 Å². The Morgan fingerprint density at radius 3 is 2.68 bits per heavy atom. The van der Waals surface area contributed by atoms with Gasteiger partial charge in [-0.2, -0.15) is 0 Å². The maximum Gasteiger partial charge on any atom is 0.411 e. The highest BCUT2D eigenvalue weighted by atomic mass is 16.6. The monoisotopic (exact) mass is 431 g/mol. The average Bonchev–Trinajstić information content (AvgIpc) is 3.14. The Balaban J connectivity index is 2.36. The molecule has 2 rings (SSSR count). The number of ether oxygens (including phenoxy) is 1. The highest BCUT2D eigenvalue weighted by Crippen LogP contribution is 2.33. The summed E-state index contributed by atoms with van der Waals surface area (Å²) < 4.78 is 5.26. The fourth-order valence-corrected chi connectivity index (χ4v) is 2.72. The van der Waals surface area contributed by atoms with Gasteiger partial charge in [0.05, 0.1) is 34.1 Å². The third-order valence-electron chi connectivity index (χ3n) is 4.16. The van der Waals surface area contributed by atoms with Gasteiger partial charge in [0, 0.05) is 13.1 Å². The van der Waals surface area contributed by atoms with E-state index in [1.54, 1.807) is 26.8 Å². The first-order valence-electron chi connectivity index (χ1n) is 9.33. The first-order valence-corrected chi connectivity index (χ1v) is 9.33. The second-order valence-electron chi connectivity index (χ2n) is 7.71. The van der Waals surface area contributed by atoms with Crippen molar-refractivity contribution in [3.05, 3.63) is 53.0 Å². The van der Waals surface area contributed by atoms with Crippen LogP contribution in [0.4, 0.5) is 21.0 Å². The molecule has 1 atom stereocenters. The van der Waals surface area contributed by atoms with E-state index in [0.29, 0.717) is 17.9 Å². The van der Waals surface area contributed by atoms with E-state index in [1.165, 1.54) is 31.4 Å². The average molecular weight is 431 g/mol. The number of nitrogens with zero attached hydrogens (tertiary/aromatic N) is 3. The molecule has 0 unspecified atom stereocenters. The number of amides is 2. The summed E-state index contributed by atoms with van der Waals surface area (Å²) in [5.41, 5.74) is -0.255. The molecule has 1 aromatic carbocycles. The van der Waals surface area contributed by atoms with Crippen LogP contribution in [0.1, 0.15) is 39.1 Å². The number of alkyl carbamates (subject to hydrolysis) is 1. The first-order chi connectivity index (χ1) is 14.4. The summed E-state index contributed by atoms with van der Waals surface area (Å²) >= 11 is 0. The van der Waals surface area contributed by atoms with Crippen LogP contribution in [0, 0.1) is 10.1 Å². The summed E-state index contributed by atoms with van der Waals surface area (Å²) in [6.07, 6.45) is 1.47. The van der Waals surface area contributed by atoms with Gasteiger partial charge in [0.15, 0.2) is 0 Å². The largest absolute Gasteiger partial charge is 0.465 e. The predicted octanol–water partition coefficient (Wildman–Crippen LogP) is 4.24. The van der Waals surface area contributed by atoms with Crippen LogP contribution in [0.15, 0.2) is 37.1 Å². The van der Waals surface area contributed by atoms with Crippen molar-refractivity contribution in [2.75, 3.05) is 11.9 Å². The second kappa shape index (κ2) is 9.28. The zero-order valence-electron chi connectivity index (χ0n) is 17.7. The summed E-state index contributed by atoms with van der Waals surface area (Å²) in [4.78, 5) is 42.4. The van der Waals surface area contributed by atoms with E-state index in [1.807, 2.05) is 0 Å². The van der Waals surface area contributed by atoms with Crippen LogP contribution in [-0.4, -0.2) is 44.8 Å². The zero-order valence-corrected chi connectivity index (χ0v) is 17.7. The number of carbonyl (C=O) groups excluding carboxylic acids is 1. The van der Waals surface area contributed by atoms with Gasteiger partial charge in [-0.25, -0.2) is 14.6 Å². The minimum atomic E-state index is -1.24. The van der Waals surface area contributed by atoms with Gasteiger partial charge in [0.1, 0.15) is 11.4 Å². The van der Waals surface area contributed by atoms with Crippen LogP contribution in [0.3, 0.4) is 0 Å². The molecule has 3 N–H and O–H groups in total. The number of rotatable bonds is 7. The maximum absolute atomic E-state index is 12.1. The van der Waals surface area contributed by atoms with E-state index >= 15 is 0 Å². The lowest BCUT2D eigenvalue weighted by Gasteiger charge is -2.22. The lowest BCUT2D eigenvalue weighted by Crippen LogP contribution is -2.35. The molecular formula is C20H25N5O6. The number of nitrogens with one attached hydrogen (secondary N) is 2. The molecule has 0 fully saturated rings. The zero-order chi connectivity index (χ0) is 23.3. The van der Waals surface area contributed by atoms with Crippen molar-refractivity contribution in [1.29, 1.82) is 0 Å². The summed E-state index contributed by atoms with van der Waals surface area (Å²) in [6, 6.07) is 3.48. The van der Waals surface area contributed by atoms with Gasteiger partial charge in [-0.1, -0.05) is 6.08 Å². The van der Waals surface area contributed by atoms with Crippen LogP contribution in [-0.2, 0) is 4.74 Å². The summed E-state index contributed by atoms with van der Waals surface area (Å²) in [7, 11) is 1.29. The van der Waals surface area contributed by atoms with E-state index in [-0.39, 0.29) is 16.9 Å². The molecule has 0 aliphatic heterocycles. The van der Waals surface area contributed by atoms with Gasteiger partial charge < -0.3 is 20.1 Å². The van der Waals surface area contributed by atoms with Crippen molar-refractivity contribution >= 4 is 23.6 Å². The lowest BCUT2D eigenvalue weighted by molar-refractivity contribution is -0.384. The number of carboxylic acid groups (broad SMARTS) is 1. The number of hydrogen-bond acceptors (Lipinski definition) is 6. The molecule has 0 radical (unpaired) electrons. The molecule has 0 spiro atoms. The standard InChI is InChI=1S/C20H25N5O6/c1-6-7-14(23-18(26)31-20(2,3)4)17-21-11-15(22-17)13-9-8-12(24(5)19(27)28)10-16(13)25(29)30/h6,8-11,14H,1,7H2,2-5H3,(H,21,22)(H,23,26)(H,27,28)/t14-/m0/s1. The second-order valence-corrected chi connectivity index (χ2v) is 7.71. The van der Waals surface area contributed by atoms with Crippen molar-refractivity contribution in [2.24, 2.45) is 0 Å². The van der Waals surface area contributed by atoms with E-state index in [4.69, 9.17) is 9.84 Å². The molecule has 1 heterocycles. The van der Waals surface area contributed by atoms with Crippen molar-refractivity contribution in [1.82, 2.24) is 15.3 Å². The number of benzene rings is 1. The third-order valence-corrected chi connectivity index (χ3v) is 4.16. The number of aromatic nitrogens is 2. The Bertz CT molecular complexity index is 994. The fourth-order valence-electron chi connectivity index (χ4n) is 2.72. The number of carbonyl (C=O) groups is 2. The molecule has 11 nitrogen and oxygen atoms in total. The SMILES string of the molecule is C=CC[C@H](NC(=O)OC(C)(C)C)c1ncc(-c2ccc(N(C)C(=O)O)cc2[N+](=O)[O-])[nH]1. The first kappa shape index (κ1) is 23.4. The smallest absolute Gasteiger partial charge is 0.411 e. The number of aromatic amines is 1. The van der Waals surface area contributed by atoms with Gasteiger partial charge in [-0.3, -0.25) is 15.0 Å². The van der Waals surface area contributed by atoms with Crippen LogP contribution in [0.25, 0.3) is 11.3 Å². The molecule has 31 heavy (non-hydrogen) atoms. The molecule has 166 valence electrons. The van der Waals surface area contributed by atoms with Crippen LogP contribution in [0.5, 0.6) is 0 Å². The van der Waals surface area contributed by atoms with Crippen LogP contribution >= 0.6 is 0 Å². The topological polar surface area (TPSA) is 151 Å². The quantitative estimate of drug-likeness (QED) is 0.337. The maximum atomic E-state index is 12.1. The molecular weight excluding hydrogens is 406 g/mol. The minimum Gasteiger partial charge on any atom is -0.465 e. The molecule has 11 heteroatoms. The number of nitro benzene ring substituents is 1. The summed E-state index contributed by atoms with van der Waals surface area (Å²) in [5.74, 6) is 0.363. The molecule has 0 saturated carbocycles. The number of hydrogen-bond donors (Lipinski definition) is 3. The number of imidazole rings is 1. The minimum absolute atomic E-state index is 0.152. The third kappa shape index (κ3) is 6.04. The molecule has 0 bridgehead atoms. The molecule has 0 aliphatic rings. The molecule has 0 aliphatic carbocycles. The van der Waals surface area contributed by atoms with E-state index in [9.17, 15) is 19.7 Å². The molecule has 2 aromatic rings. The molecule has 2 amide bonds. The summed E-state index contributed by atoms with van der Waals surface area (Å²) in [5, 5.41) is 23.4. The van der Waals surface area contributed by atoms with E-state index < -0.39 is 28.8 Å². The Morgan fingerprint density at radius 1 is 1.45 bits per heavy atom. The Kier molecular flexibility index (Phi) is 7.00. The van der Waals surface area contributed by atoms with Crippen LogP contribution in [0.2, 0.25) is 0 Å². The molecule has 1 aromatic heterocycles. The number of anilines is 1. The van der Waals surface area contributed by atoms with Crippen LogP contribution < -0.4 is 10.2 Å². The highest BCUT2D eigenvalue weighted by molar-refractivity contribution is 5.87.